The van der Waals surface area contributed by atoms with E-state index < -0.39 is 28.7 Å². The molecule has 0 spiro atoms. The Morgan fingerprint density at radius 1 is 0.929 bits per heavy atom. The maximum absolute atomic E-state index is 14.3. The Morgan fingerprint density at radius 3 is 2.21 bits per heavy atom. The first-order chi connectivity index (χ1) is 19.9. The topological polar surface area (TPSA) is 90.0 Å². The molecule has 1 N–H and O–H groups in total. The van der Waals surface area contributed by atoms with Crippen LogP contribution >= 0.6 is 15.9 Å². The van der Waals surface area contributed by atoms with Crippen LogP contribution in [0.4, 0.5) is 5.69 Å². The van der Waals surface area contributed by atoms with Crippen molar-refractivity contribution in [1.82, 2.24) is 14.5 Å². The molecule has 0 saturated carbocycles. The first-order valence-electron chi connectivity index (χ1n) is 14.1. The van der Waals surface area contributed by atoms with Crippen molar-refractivity contribution in [3.05, 3.63) is 99.5 Å². The zero-order chi connectivity index (χ0) is 30.9. The molecule has 42 heavy (non-hydrogen) atoms. The molecule has 0 aliphatic carbocycles. The Morgan fingerprint density at radius 2 is 1.60 bits per heavy atom. The normalized spacial score (nSPS) is 12.2. The molecule has 0 aliphatic rings. The van der Waals surface area contributed by atoms with Gasteiger partial charge in [-0.25, -0.2) is 4.31 Å². The molecule has 0 heterocycles. The number of hydrogen-bond donors (Lipinski definition) is 1. The zero-order valence-corrected chi connectivity index (χ0v) is 27.4. The van der Waals surface area contributed by atoms with E-state index in [1.165, 1.54) is 19.0 Å². The van der Waals surface area contributed by atoms with E-state index in [1.807, 2.05) is 87.5 Å². The summed E-state index contributed by atoms with van der Waals surface area (Å²) in [6.07, 6.45) is 2.01. The van der Waals surface area contributed by atoms with Crippen molar-refractivity contribution in [3.63, 3.8) is 0 Å². The molecule has 10 heteroatoms. The lowest BCUT2D eigenvalue weighted by Gasteiger charge is -2.35. The molecule has 0 aliphatic heterocycles. The van der Waals surface area contributed by atoms with E-state index in [0.29, 0.717) is 12.2 Å². The van der Waals surface area contributed by atoms with Crippen molar-refractivity contribution in [3.8, 4) is 0 Å². The summed E-state index contributed by atoms with van der Waals surface area (Å²) in [5.74, 6) is -0.748. The summed E-state index contributed by atoms with van der Waals surface area (Å²) in [7, 11) is -1.17. The molecule has 3 aromatic rings. The van der Waals surface area contributed by atoms with Crippen LogP contribution in [0.1, 0.15) is 42.0 Å². The second-order valence-electron chi connectivity index (χ2n) is 10.6. The number of halogens is 1. The molecule has 3 rings (SSSR count). The number of anilines is 1. The van der Waals surface area contributed by atoms with Gasteiger partial charge in [0.15, 0.2) is 0 Å². The molecule has 1 atom stereocenters. The first-order valence-corrected chi connectivity index (χ1v) is 16.3. The lowest BCUT2D eigenvalue weighted by molar-refractivity contribution is -0.140. The van der Waals surface area contributed by atoms with Gasteiger partial charge >= 0.3 is 10.2 Å². The monoisotopic (exact) mass is 656 g/mol. The molecule has 3 aromatic carbocycles. The number of amides is 2. The van der Waals surface area contributed by atoms with Crippen molar-refractivity contribution >= 4 is 43.6 Å². The lowest BCUT2D eigenvalue weighted by Crippen LogP contribution is -2.54. The van der Waals surface area contributed by atoms with Gasteiger partial charge in [-0.15, -0.1) is 0 Å². The Hall–Kier alpha value is -3.21. The van der Waals surface area contributed by atoms with Crippen molar-refractivity contribution in [2.45, 2.75) is 52.6 Å². The molecule has 0 saturated heterocycles. The van der Waals surface area contributed by atoms with E-state index in [1.54, 1.807) is 6.07 Å². The second-order valence-corrected chi connectivity index (χ2v) is 13.6. The Bertz CT molecular complexity index is 1450. The minimum atomic E-state index is -4.05. The average molecular weight is 658 g/mol. The number of hydrogen-bond acceptors (Lipinski definition) is 4. The van der Waals surface area contributed by atoms with Gasteiger partial charge in [0, 0.05) is 38.1 Å². The van der Waals surface area contributed by atoms with E-state index in [-0.39, 0.29) is 18.9 Å². The van der Waals surface area contributed by atoms with Crippen molar-refractivity contribution < 1.29 is 18.0 Å². The smallest absolute Gasteiger partial charge is 0.304 e. The second kappa shape index (κ2) is 15.3. The number of benzene rings is 3. The molecule has 0 aromatic heterocycles. The summed E-state index contributed by atoms with van der Waals surface area (Å²) in [6, 6.07) is 21.7. The van der Waals surface area contributed by atoms with Crippen LogP contribution < -0.4 is 9.62 Å². The molecular weight excluding hydrogens is 616 g/mol. The van der Waals surface area contributed by atoms with Gasteiger partial charge in [0.1, 0.15) is 12.6 Å². The van der Waals surface area contributed by atoms with Crippen molar-refractivity contribution in [2.24, 2.45) is 0 Å². The van der Waals surface area contributed by atoms with Crippen LogP contribution in [-0.2, 0) is 32.8 Å². The Kier molecular flexibility index (Phi) is 12.1. The number of carbonyl (C=O) groups is 2. The molecule has 0 radical (unpaired) electrons. The van der Waals surface area contributed by atoms with Gasteiger partial charge in [0.2, 0.25) is 11.8 Å². The van der Waals surface area contributed by atoms with E-state index in [4.69, 9.17) is 0 Å². The third-order valence-corrected chi connectivity index (χ3v) is 9.35. The van der Waals surface area contributed by atoms with Gasteiger partial charge in [-0.1, -0.05) is 83.9 Å². The van der Waals surface area contributed by atoms with E-state index >= 15 is 0 Å². The van der Waals surface area contributed by atoms with Gasteiger partial charge in [0.05, 0.1) is 5.69 Å². The minimum Gasteiger partial charge on any atom is -0.354 e. The van der Waals surface area contributed by atoms with Crippen LogP contribution in [0.15, 0.2) is 77.3 Å². The Labute approximate surface area is 259 Å². The number of aryl methyl sites for hydroxylation is 2. The van der Waals surface area contributed by atoms with E-state index in [0.717, 1.165) is 48.2 Å². The highest BCUT2D eigenvalue weighted by molar-refractivity contribution is 9.10. The summed E-state index contributed by atoms with van der Waals surface area (Å²) < 4.78 is 30.4. The predicted octanol–water partition coefficient (Wildman–Crippen LogP) is 5.24. The van der Waals surface area contributed by atoms with Crippen LogP contribution in [0.3, 0.4) is 0 Å². The van der Waals surface area contributed by atoms with Crippen molar-refractivity contribution in [1.29, 1.82) is 0 Å². The van der Waals surface area contributed by atoms with Gasteiger partial charge < -0.3 is 10.2 Å². The number of nitrogens with zero attached hydrogens (tertiary/aromatic N) is 3. The van der Waals surface area contributed by atoms with E-state index in [2.05, 4.69) is 21.2 Å². The molecule has 0 unspecified atom stereocenters. The fourth-order valence-corrected chi connectivity index (χ4v) is 5.91. The maximum Gasteiger partial charge on any atom is 0.304 e. The highest BCUT2D eigenvalue weighted by atomic mass is 79.9. The largest absolute Gasteiger partial charge is 0.354 e. The Balaban J connectivity index is 2.10. The SMILES string of the molecule is CCCCNC(=O)[C@H](Cc1ccccc1)N(Cc1ccc(Br)cc1)C(=O)CN(c1cc(C)ccc1C)S(=O)(=O)N(C)C. The first kappa shape index (κ1) is 33.3. The minimum absolute atomic E-state index is 0.132. The molecule has 2 amide bonds. The van der Waals surface area contributed by atoms with Crippen LogP contribution in [0, 0.1) is 13.8 Å². The average Bonchev–Trinajstić information content (AvgIpc) is 2.96. The lowest BCUT2D eigenvalue weighted by atomic mass is 10.0. The predicted molar refractivity (Wildman–Crippen MR) is 172 cm³/mol. The number of carbonyl (C=O) groups excluding carboxylic acids is 2. The summed E-state index contributed by atoms with van der Waals surface area (Å²) in [5, 5.41) is 3.00. The summed E-state index contributed by atoms with van der Waals surface area (Å²) in [5.41, 5.74) is 3.73. The summed E-state index contributed by atoms with van der Waals surface area (Å²) in [6.45, 7) is 5.90. The van der Waals surface area contributed by atoms with E-state index in [9.17, 15) is 18.0 Å². The van der Waals surface area contributed by atoms with Crippen molar-refractivity contribution in [2.75, 3.05) is 31.5 Å². The fourth-order valence-electron chi connectivity index (χ4n) is 4.54. The van der Waals surface area contributed by atoms with Gasteiger partial charge in [-0.05, 0) is 60.7 Å². The van der Waals surface area contributed by atoms with Gasteiger partial charge in [-0.3, -0.25) is 9.59 Å². The highest BCUT2D eigenvalue weighted by Gasteiger charge is 2.35. The number of rotatable bonds is 14. The highest BCUT2D eigenvalue weighted by Crippen LogP contribution is 2.26. The quantitative estimate of drug-likeness (QED) is 0.241. The third kappa shape index (κ3) is 8.89. The summed E-state index contributed by atoms with van der Waals surface area (Å²) in [4.78, 5) is 29.6. The van der Waals surface area contributed by atoms with Crippen LogP contribution in [0.2, 0.25) is 0 Å². The maximum atomic E-state index is 14.3. The molecular formula is C32H41BrN4O4S. The van der Waals surface area contributed by atoms with Crippen LogP contribution in [-0.4, -0.2) is 62.7 Å². The van der Waals surface area contributed by atoms with Gasteiger partial charge in [-0.2, -0.15) is 12.7 Å². The van der Waals surface area contributed by atoms with Crippen LogP contribution in [0.25, 0.3) is 0 Å². The molecule has 0 fully saturated rings. The third-order valence-electron chi connectivity index (χ3n) is 7.02. The molecule has 226 valence electrons. The fraction of sp³-hybridized carbons (Fsp3) is 0.375. The number of unbranched alkanes of at least 4 members (excludes halogenated alkanes) is 1. The summed E-state index contributed by atoms with van der Waals surface area (Å²) >= 11 is 3.46. The standard InChI is InChI=1S/C32H41BrN4O4S/c1-6-7-19-34-32(39)30(21-26-11-9-8-10-12-26)36(22-27-15-17-28(33)18-16-27)31(38)23-37(42(40,41)35(4)5)29-20-24(2)13-14-25(29)3/h8-18,20,30H,6-7,19,21-23H2,1-5H3,(H,34,39)/t30-/m0/s1. The molecule has 8 nitrogen and oxygen atoms in total. The molecule has 0 bridgehead atoms. The van der Waals surface area contributed by atoms with Gasteiger partial charge in [0.25, 0.3) is 0 Å². The van der Waals surface area contributed by atoms with Crippen LogP contribution in [0.5, 0.6) is 0 Å². The number of nitrogens with one attached hydrogen (secondary N) is 1. The zero-order valence-electron chi connectivity index (χ0n) is 25.0.